The Morgan fingerprint density at radius 2 is 2.50 bits per heavy atom. The summed E-state index contributed by atoms with van der Waals surface area (Å²) in [5, 5.41) is 14.0. The summed E-state index contributed by atoms with van der Waals surface area (Å²) < 4.78 is 0. The fraction of sp³-hybridized carbons (Fsp3) is 0.545. The minimum Gasteiger partial charge on any atom is -0.481 e. The van der Waals surface area contributed by atoms with Gasteiger partial charge in [0.25, 0.3) is 0 Å². The van der Waals surface area contributed by atoms with E-state index in [0.717, 1.165) is 5.13 Å². The molecule has 1 saturated heterocycles. The molecule has 0 radical (unpaired) electrons. The topological polar surface area (TPSA) is 82.5 Å². The number of hydrogen-bond donors (Lipinski definition) is 2. The summed E-state index contributed by atoms with van der Waals surface area (Å²) in [6.45, 7) is 3.27. The average molecular weight is 269 g/mol. The molecule has 1 unspecified atom stereocenters. The van der Waals surface area contributed by atoms with E-state index in [-0.39, 0.29) is 18.4 Å². The van der Waals surface area contributed by atoms with Gasteiger partial charge in [0, 0.05) is 18.5 Å². The highest BCUT2D eigenvalue weighted by atomic mass is 32.1. The van der Waals surface area contributed by atoms with Crippen LogP contribution in [-0.4, -0.2) is 41.1 Å². The Bertz CT molecular complexity index is 460. The molecule has 18 heavy (non-hydrogen) atoms. The molecule has 1 atom stereocenters. The molecule has 1 aromatic rings. The number of anilines is 1. The maximum absolute atomic E-state index is 11.7. The van der Waals surface area contributed by atoms with Gasteiger partial charge in [-0.2, -0.15) is 0 Å². The number of piperazine rings is 1. The lowest BCUT2D eigenvalue weighted by atomic mass is 10.1. The molecule has 2 heterocycles. The molecule has 2 rings (SSSR count). The molecule has 0 bridgehead atoms. The Labute approximate surface area is 109 Å². The fourth-order valence-electron chi connectivity index (χ4n) is 2.01. The first-order valence-corrected chi connectivity index (χ1v) is 6.70. The summed E-state index contributed by atoms with van der Waals surface area (Å²) in [7, 11) is 0. The Morgan fingerprint density at radius 1 is 1.72 bits per heavy atom. The van der Waals surface area contributed by atoms with Gasteiger partial charge < -0.3 is 15.3 Å². The van der Waals surface area contributed by atoms with Crippen LogP contribution < -0.4 is 10.2 Å². The summed E-state index contributed by atoms with van der Waals surface area (Å²) in [6, 6.07) is -0.206. The SMILES string of the molecule is CCC1C(=O)NCCN1c1nc(CC(=O)O)cs1. The molecule has 7 heteroatoms. The van der Waals surface area contributed by atoms with Crippen molar-refractivity contribution >= 4 is 28.3 Å². The first-order chi connectivity index (χ1) is 8.61. The van der Waals surface area contributed by atoms with Gasteiger partial charge >= 0.3 is 5.97 Å². The van der Waals surface area contributed by atoms with Crippen molar-refractivity contribution in [1.82, 2.24) is 10.3 Å². The van der Waals surface area contributed by atoms with Crippen LogP contribution in [0.25, 0.3) is 0 Å². The van der Waals surface area contributed by atoms with Crippen LogP contribution in [0.1, 0.15) is 19.0 Å². The van der Waals surface area contributed by atoms with Crippen molar-refractivity contribution in [3.8, 4) is 0 Å². The van der Waals surface area contributed by atoms with E-state index in [0.29, 0.717) is 25.2 Å². The molecule has 1 amide bonds. The standard InChI is InChI=1S/C11H15N3O3S/c1-2-8-10(17)12-3-4-14(8)11-13-7(6-18-11)5-9(15)16/h6,8H,2-5H2,1H3,(H,12,17)(H,15,16). The van der Waals surface area contributed by atoms with Crippen molar-refractivity contribution in [2.45, 2.75) is 25.8 Å². The number of carbonyl (C=O) groups excluding carboxylic acids is 1. The van der Waals surface area contributed by atoms with E-state index in [4.69, 9.17) is 5.11 Å². The molecular weight excluding hydrogens is 254 g/mol. The number of aliphatic carboxylic acids is 1. The van der Waals surface area contributed by atoms with Gasteiger partial charge in [-0.25, -0.2) is 4.98 Å². The Kier molecular flexibility index (Phi) is 3.81. The number of thiazole rings is 1. The average Bonchev–Trinajstić information content (AvgIpc) is 2.76. The number of carboxylic acids is 1. The first kappa shape index (κ1) is 12.8. The zero-order valence-corrected chi connectivity index (χ0v) is 10.9. The van der Waals surface area contributed by atoms with Crippen LogP contribution in [0, 0.1) is 0 Å². The Morgan fingerprint density at radius 3 is 3.17 bits per heavy atom. The number of amides is 1. The van der Waals surface area contributed by atoms with Crippen LogP contribution in [0.5, 0.6) is 0 Å². The third-order valence-corrected chi connectivity index (χ3v) is 3.76. The predicted molar refractivity (Wildman–Crippen MR) is 67.9 cm³/mol. The zero-order valence-electron chi connectivity index (χ0n) is 10.0. The van der Waals surface area contributed by atoms with Crippen molar-refractivity contribution in [3.63, 3.8) is 0 Å². The molecule has 0 saturated carbocycles. The summed E-state index contributed by atoms with van der Waals surface area (Å²) in [6.07, 6.45) is 0.632. The summed E-state index contributed by atoms with van der Waals surface area (Å²) in [4.78, 5) is 28.6. The molecule has 6 nitrogen and oxygen atoms in total. The molecule has 1 aliphatic rings. The summed E-state index contributed by atoms with van der Waals surface area (Å²) in [5.74, 6) is -0.881. The van der Waals surface area contributed by atoms with Crippen LogP contribution in [0.4, 0.5) is 5.13 Å². The van der Waals surface area contributed by atoms with Gasteiger partial charge in [-0.1, -0.05) is 6.92 Å². The lowest BCUT2D eigenvalue weighted by Gasteiger charge is -2.34. The van der Waals surface area contributed by atoms with Gasteiger partial charge in [-0.3, -0.25) is 9.59 Å². The second-order valence-electron chi connectivity index (χ2n) is 4.10. The highest BCUT2D eigenvalue weighted by Crippen LogP contribution is 2.25. The largest absolute Gasteiger partial charge is 0.481 e. The van der Waals surface area contributed by atoms with E-state index in [9.17, 15) is 9.59 Å². The van der Waals surface area contributed by atoms with Gasteiger partial charge in [0.1, 0.15) is 6.04 Å². The molecule has 0 spiro atoms. The lowest BCUT2D eigenvalue weighted by molar-refractivity contribution is -0.136. The maximum atomic E-state index is 11.7. The molecule has 0 aliphatic carbocycles. The Balaban J connectivity index is 2.16. The van der Waals surface area contributed by atoms with Crippen molar-refractivity contribution in [2.24, 2.45) is 0 Å². The van der Waals surface area contributed by atoms with Crippen LogP contribution >= 0.6 is 11.3 Å². The second-order valence-corrected chi connectivity index (χ2v) is 4.94. The number of aromatic nitrogens is 1. The van der Waals surface area contributed by atoms with Gasteiger partial charge in [-0.05, 0) is 6.42 Å². The third-order valence-electron chi connectivity index (χ3n) is 2.84. The van der Waals surface area contributed by atoms with Crippen molar-refractivity contribution < 1.29 is 14.7 Å². The molecule has 2 N–H and O–H groups in total. The van der Waals surface area contributed by atoms with Crippen molar-refractivity contribution in [2.75, 3.05) is 18.0 Å². The van der Waals surface area contributed by atoms with Crippen LogP contribution in [-0.2, 0) is 16.0 Å². The van der Waals surface area contributed by atoms with E-state index >= 15 is 0 Å². The number of carbonyl (C=O) groups is 2. The fourth-order valence-corrected chi connectivity index (χ4v) is 2.92. The molecule has 0 aromatic carbocycles. The molecular formula is C11H15N3O3S. The third kappa shape index (κ3) is 2.61. The van der Waals surface area contributed by atoms with Gasteiger partial charge in [0.15, 0.2) is 5.13 Å². The van der Waals surface area contributed by atoms with E-state index in [1.807, 2.05) is 11.8 Å². The normalized spacial score (nSPS) is 19.7. The number of nitrogens with one attached hydrogen (secondary N) is 1. The highest BCUT2D eigenvalue weighted by Gasteiger charge is 2.29. The Hall–Kier alpha value is -1.63. The van der Waals surface area contributed by atoms with Crippen molar-refractivity contribution in [1.29, 1.82) is 0 Å². The number of carboxylic acid groups (broad SMARTS) is 1. The van der Waals surface area contributed by atoms with E-state index < -0.39 is 5.97 Å². The highest BCUT2D eigenvalue weighted by molar-refractivity contribution is 7.13. The predicted octanol–water partition coefficient (Wildman–Crippen LogP) is 0.485. The molecule has 1 aromatic heterocycles. The van der Waals surface area contributed by atoms with Crippen LogP contribution in [0.15, 0.2) is 5.38 Å². The number of rotatable bonds is 4. The molecule has 1 aliphatic heterocycles. The minimum atomic E-state index is -0.893. The minimum absolute atomic E-state index is 0.0127. The number of nitrogens with zero attached hydrogens (tertiary/aromatic N) is 2. The van der Waals surface area contributed by atoms with Crippen LogP contribution in [0.3, 0.4) is 0 Å². The second kappa shape index (κ2) is 5.34. The van der Waals surface area contributed by atoms with E-state index in [2.05, 4.69) is 10.3 Å². The van der Waals surface area contributed by atoms with E-state index in [1.54, 1.807) is 5.38 Å². The van der Waals surface area contributed by atoms with E-state index in [1.165, 1.54) is 11.3 Å². The summed E-state index contributed by atoms with van der Waals surface area (Å²) >= 11 is 1.39. The monoisotopic (exact) mass is 269 g/mol. The van der Waals surface area contributed by atoms with Gasteiger partial charge in [-0.15, -0.1) is 11.3 Å². The lowest BCUT2D eigenvalue weighted by Crippen LogP contribution is -2.55. The molecule has 98 valence electrons. The van der Waals surface area contributed by atoms with Gasteiger partial charge in [0.2, 0.25) is 5.91 Å². The number of hydrogen-bond acceptors (Lipinski definition) is 5. The smallest absolute Gasteiger partial charge is 0.309 e. The summed E-state index contributed by atoms with van der Waals surface area (Å²) in [5.41, 5.74) is 0.545. The maximum Gasteiger partial charge on any atom is 0.309 e. The quantitative estimate of drug-likeness (QED) is 0.831. The molecule has 1 fully saturated rings. The zero-order chi connectivity index (χ0) is 13.1. The van der Waals surface area contributed by atoms with Crippen molar-refractivity contribution in [3.05, 3.63) is 11.1 Å². The first-order valence-electron chi connectivity index (χ1n) is 5.82. The van der Waals surface area contributed by atoms with Crippen LogP contribution in [0.2, 0.25) is 0 Å². The van der Waals surface area contributed by atoms with Gasteiger partial charge in [0.05, 0.1) is 12.1 Å².